The zero-order chi connectivity index (χ0) is 15.0. The van der Waals surface area contributed by atoms with Crippen LogP contribution in [0.4, 0.5) is 4.39 Å². The summed E-state index contributed by atoms with van der Waals surface area (Å²) in [5.74, 6) is -1.16. The molecule has 0 aliphatic carbocycles. The molecule has 1 N–H and O–H groups in total. The molecule has 0 saturated heterocycles. The molecule has 2 aromatic carbocycles. The molecular formula is C15H10BrFN2O2. The molecule has 0 aliphatic rings. The Labute approximate surface area is 128 Å². The summed E-state index contributed by atoms with van der Waals surface area (Å²) in [4.78, 5) is 15.5. The van der Waals surface area contributed by atoms with Crippen molar-refractivity contribution in [1.29, 1.82) is 0 Å². The van der Waals surface area contributed by atoms with Crippen molar-refractivity contribution in [2.75, 3.05) is 0 Å². The minimum atomic E-state index is -1.00. The highest BCUT2D eigenvalue weighted by molar-refractivity contribution is 9.10. The van der Waals surface area contributed by atoms with Crippen LogP contribution < -0.4 is 0 Å². The normalized spacial score (nSPS) is 11.0. The molecule has 0 fully saturated rings. The second-order valence-electron chi connectivity index (χ2n) is 4.51. The molecule has 1 aromatic heterocycles. The SMILES string of the molecule is O=C(O)Cn1c(-c2cccc(Br)c2F)nc2ccccc21. The van der Waals surface area contributed by atoms with Gasteiger partial charge in [0.05, 0.1) is 21.1 Å². The summed E-state index contributed by atoms with van der Waals surface area (Å²) in [7, 11) is 0. The monoisotopic (exact) mass is 348 g/mol. The first-order valence-electron chi connectivity index (χ1n) is 6.19. The number of halogens is 2. The maximum absolute atomic E-state index is 14.3. The molecule has 4 nitrogen and oxygen atoms in total. The fraction of sp³-hybridized carbons (Fsp3) is 0.0667. The first-order valence-corrected chi connectivity index (χ1v) is 6.98. The van der Waals surface area contributed by atoms with Gasteiger partial charge < -0.3 is 9.67 Å². The molecule has 0 atom stereocenters. The Kier molecular flexibility index (Phi) is 3.47. The highest BCUT2D eigenvalue weighted by atomic mass is 79.9. The molecule has 0 spiro atoms. The van der Waals surface area contributed by atoms with Gasteiger partial charge in [-0.2, -0.15) is 0 Å². The van der Waals surface area contributed by atoms with Crippen molar-refractivity contribution >= 4 is 32.9 Å². The van der Waals surface area contributed by atoms with Gasteiger partial charge in [0.1, 0.15) is 18.2 Å². The number of carboxylic acids is 1. The number of para-hydroxylation sites is 2. The summed E-state index contributed by atoms with van der Waals surface area (Å²) in [6, 6.07) is 12.0. The van der Waals surface area contributed by atoms with Gasteiger partial charge in [0.2, 0.25) is 0 Å². The lowest BCUT2D eigenvalue weighted by Crippen LogP contribution is -2.10. The second-order valence-corrected chi connectivity index (χ2v) is 5.36. The lowest BCUT2D eigenvalue weighted by Gasteiger charge is -2.08. The van der Waals surface area contributed by atoms with Crippen LogP contribution in [-0.4, -0.2) is 20.6 Å². The van der Waals surface area contributed by atoms with Gasteiger partial charge in [0, 0.05) is 0 Å². The van der Waals surface area contributed by atoms with E-state index in [4.69, 9.17) is 5.11 Å². The third kappa shape index (κ3) is 2.42. The van der Waals surface area contributed by atoms with Gasteiger partial charge in [-0.15, -0.1) is 0 Å². The summed E-state index contributed by atoms with van der Waals surface area (Å²) in [6.45, 7) is -0.276. The van der Waals surface area contributed by atoms with Crippen molar-refractivity contribution in [3.8, 4) is 11.4 Å². The first-order chi connectivity index (χ1) is 10.1. The highest BCUT2D eigenvalue weighted by Crippen LogP contribution is 2.30. The molecule has 0 saturated carbocycles. The van der Waals surface area contributed by atoms with E-state index in [0.717, 1.165) is 0 Å². The molecule has 6 heteroatoms. The standard InChI is InChI=1S/C15H10BrFN2O2/c16-10-5-3-4-9(14(10)17)15-18-11-6-1-2-7-12(11)19(15)8-13(20)21/h1-7H,8H2,(H,20,21). The van der Waals surface area contributed by atoms with E-state index in [9.17, 15) is 9.18 Å². The first kappa shape index (κ1) is 13.8. The van der Waals surface area contributed by atoms with Crippen LogP contribution in [0.25, 0.3) is 22.4 Å². The van der Waals surface area contributed by atoms with E-state index in [1.165, 1.54) is 4.57 Å². The van der Waals surface area contributed by atoms with Gasteiger partial charge in [-0.05, 0) is 40.2 Å². The number of hydrogen-bond donors (Lipinski definition) is 1. The van der Waals surface area contributed by atoms with Gasteiger partial charge in [-0.3, -0.25) is 4.79 Å². The van der Waals surface area contributed by atoms with E-state index in [2.05, 4.69) is 20.9 Å². The Balaban J connectivity index is 2.31. The average Bonchev–Trinajstić information content (AvgIpc) is 2.80. The number of hydrogen-bond acceptors (Lipinski definition) is 2. The largest absolute Gasteiger partial charge is 0.480 e. The summed E-state index contributed by atoms with van der Waals surface area (Å²) in [5, 5.41) is 9.09. The molecule has 1 heterocycles. The van der Waals surface area contributed by atoms with Crippen LogP contribution in [0.2, 0.25) is 0 Å². The van der Waals surface area contributed by atoms with Crippen molar-refractivity contribution in [3.05, 3.63) is 52.8 Å². The lowest BCUT2D eigenvalue weighted by atomic mass is 10.2. The molecular weight excluding hydrogens is 339 g/mol. The number of aromatic nitrogens is 2. The number of aliphatic carboxylic acids is 1. The molecule has 3 aromatic rings. The summed E-state index contributed by atoms with van der Waals surface area (Å²) < 4.78 is 16.1. The van der Waals surface area contributed by atoms with E-state index in [-0.39, 0.29) is 12.1 Å². The molecule has 0 unspecified atom stereocenters. The zero-order valence-corrected chi connectivity index (χ0v) is 12.3. The fourth-order valence-corrected chi connectivity index (χ4v) is 2.62. The quantitative estimate of drug-likeness (QED) is 0.785. The zero-order valence-electron chi connectivity index (χ0n) is 10.8. The van der Waals surface area contributed by atoms with E-state index in [1.807, 2.05) is 6.07 Å². The minimum Gasteiger partial charge on any atom is -0.480 e. The summed E-state index contributed by atoms with van der Waals surface area (Å²) in [6.07, 6.45) is 0. The molecule has 0 amide bonds. The molecule has 0 radical (unpaired) electrons. The molecule has 106 valence electrons. The number of fused-ring (bicyclic) bond motifs is 1. The number of rotatable bonds is 3. The van der Waals surface area contributed by atoms with Crippen molar-refractivity contribution in [1.82, 2.24) is 9.55 Å². The van der Waals surface area contributed by atoms with Crippen molar-refractivity contribution in [2.45, 2.75) is 6.54 Å². The number of imidazole rings is 1. The van der Waals surface area contributed by atoms with Gasteiger partial charge in [0.25, 0.3) is 0 Å². The van der Waals surface area contributed by atoms with Crippen molar-refractivity contribution < 1.29 is 14.3 Å². The third-order valence-corrected chi connectivity index (χ3v) is 3.75. The van der Waals surface area contributed by atoms with Crippen LogP contribution in [-0.2, 0) is 11.3 Å². The number of benzene rings is 2. The predicted octanol–water partition coefficient (Wildman–Crippen LogP) is 3.69. The number of carbonyl (C=O) groups is 1. The Morgan fingerprint density at radius 3 is 2.76 bits per heavy atom. The number of carboxylic acid groups (broad SMARTS) is 1. The minimum absolute atomic E-state index is 0.266. The van der Waals surface area contributed by atoms with Crippen LogP contribution in [0.15, 0.2) is 46.9 Å². The van der Waals surface area contributed by atoms with Crippen LogP contribution in [0.5, 0.6) is 0 Å². The highest BCUT2D eigenvalue weighted by Gasteiger charge is 2.18. The smallest absolute Gasteiger partial charge is 0.323 e. The van der Waals surface area contributed by atoms with Crippen LogP contribution in [0, 0.1) is 5.82 Å². The van der Waals surface area contributed by atoms with E-state index in [0.29, 0.717) is 21.3 Å². The third-order valence-electron chi connectivity index (χ3n) is 3.14. The van der Waals surface area contributed by atoms with E-state index in [1.54, 1.807) is 36.4 Å². The maximum atomic E-state index is 14.3. The van der Waals surface area contributed by atoms with Gasteiger partial charge in [-0.1, -0.05) is 18.2 Å². The Morgan fingerprint density at radius 2 is 2.00 bits per heavy atom. The Morgan fingerprint density at radius 1 is 1.24 bits per heavy atom. The Hall–Kier alpha value is -2.21. The molecule has 0 bridgehead atoms. The maximum Gasteiger partial charge on any atom is 0.323 e. The summed E-state index contributed by atoms with van der Waals surface area (Å²) in [5.41, 5.74) is 1.56. The second kappa shape index (κ2) is 5.29. The molecule has 0 aliphatic heterocycles. The average molecular weight is 349 g/mol. The van der Waals surface area contributed by atoms with E-state index >= 15 is 0 Å². The fourth-order valence-electron chi connectivity index (χ4n) is 2.25. The van der Waals surface area contributed by atoms with Crippen LogP contribution in [0.1, 0.15) is 0 Å². The topological polar surface area (TPSA) is 55.1 Å². The van der Waals surface area contributed by atoms with Crippen molar-refractivity contribution in [2.24, 2.45) is 0 Å². The van der Waals surface area contributed by atoms with E-state index < -0.39 is 11.8 Å². The predicted molar refractivity (Wildman–Crippen MR) is 80.5 cm³/mol. The van der Waals surface area contributed by atoms with Crippen LogP contribution in [0.3, 0.4) is 0 Å². The molecule has 3 rings (SSSR count). The lowest BCUT2D eigenvalue weighted by molar-refractivity contribution is -0.137. The Bertz CT molecular complexity index is 845. The number of nitrogens with zero attached hydrogens (tertiary/aromatic N) is 2. The van der Waals surface area contributed by atoms with Crippen LogP contribution >= 0.6 is 15.9 Å². The van der Waals surface area contributed by atoms with Gasteiger partial charge in [-0.25, -0.2) is 9.37 Å². The van der Waals surface area contributed by atoms with Crippen molar-refractivity contribution in [3.63, 3.8) is 0 Å². The summed E-state index contributed by atoms with van der Waals surface area (Å²) >= 11 is 3.13. The van der Waals surface area contributed by atoms with Gasteiger partial charge >= 0.3 is 5.97 Å². The van der Waals surface area contributed by atoms with Gasteiger partial charge in [0.15, 0.2) is 0 Å². The molecule has 21 heavy (non-hydrogen) atoms.